The zero-order valence-electron chi connectivity index (χ0n) is 15.4. The number of hydrogen-bond donors (Lipinski definition) is 0. The lowest BCUT2D eigenvalue weighted by Crippen LogP contribution is -2.18. The van der Waals surface area contributed by atoms with E-state index >= 15 is 0 Å². The standard InChI is InChI=1S/C18H29O4Si/c1-8-21-15(19)12-10-13-9-11-14(18(2,3)4)17(20-5)16(13)22-23(6)7/h9,11H,8,10,12H2,1-7H3. The van der Waals surface area contributed by atoms with Crippen LogP contribution in [0.4, 0.5) is 0 Å². The molecule has 0 aliphatic rings. The lowest BCUT2D eigenvalue weighted by molar-refractivity contribution is -0.143. The third kappa shape index (κ3) is 5.57. The smallest absolute Gasteiger partial charge is 0.306 e. The predicted octanol–water partition coefficient (Wildman–Crippen LogP) is 4.12. The zero-order valence-corrected chi connectivity index (χ0v) is 16.4. The summed E-state index contributed by atoms with van der Waals surface area (Å²) in [6.07, 6.45) is 0.932. The maximum atomic E-state index is 11.6. The molecule has 0 saturated heterocycles. The van der Waals surface area contributed by atoms with E-state index in [0.717, 1.165) is 22.6 Å². The van der Waals surface area contributed by atoms with Crippen LogP contribution in [0.1, 0.15) is 45.2 Å². The maximum Gasteiger partial charge on any atom is 0.306 e. The number of carbonyl (C=O) groups excluding carboxylic acids is 1. The Bertz CT molecular complexity index is 533. The fraction of sp³-hybridized carbons (Fsp3) is 0.611. The van der Waals surface area contributed by atoms with Crippen LogP contribution >= 0.6 is 0 Å². The Balaban J connectivity index is 3.21. The van der Waals surface area contributed by atoms with Crippen molar-refractivity contribution in [2.75, 3.05) is 13.7 Å². The SMILES string of the molecule is CCOC(=O)CCc1ccc(C(C)(C)C)c(OC)c1O[Si](C)C. The fourth-order valence-corrected chi connectivity index (χ4v) is 3.01. The van der Waals surface area contributed by atoms with Gasteiger partial charge in [0.05, 0.1) is 13.7 Å². The quantitative estimate of drug-likeness (QED) is 0.554. The van der Waals surface area contributed by atoms with Crippen LogP contribution in [0.2, 0.25) is 13.1 Å². The molecule has 0 saturated carbocycles. The summed E-state index contributed by atoms with van der Waals surface area (Å²) in [5, 5.41) is 0. The summed E-state index contributed by atoms with van der Waals surface area (Å²) in [4.78, 5) is 11.6. The first-order valence-corrected chi connectivity index (χ1v) is 10.5. The van der Waals surface area contributed by atoms with Gasteiger partial charge in [0.2, 0.25) is 0 Å². The van der Waals surface area contributed by atoms with Crippen molar-refractivity contribution in [3.63, 3.8) is 0 Å². The minimum absolute atomic E-state index is 0.0441. The fourth-order valence-electron chi connectivity index (χ4n) is 2.38. The Morgan fingerprint density at radius 2 is 1.83 bits per heavy atom. The summed E-state index contributed by atoms with van der Waals surface area (Å²) < 4.78 is 16.8. The molecule has 129 valence electrons. The molecule has 0 amide bonds. The number of ether oxygens (including phenoxy) is 2. The molecule has 4 nitrogen and oxygen atoms in total. The maximum absolute atomic E-state index is 11.6. The second-order valence-electron chi connectivity index (χ2n) is 6.70. The second kappa shape index (κ2) is 8.38. The lowest BCUT2D eigenvalue weighted by atomic mass is 9.85. The van der Waals surface area contributed by atoms with E-state index < -0.39 is 9.04 Å². The molecule has 23 heavy (non-hydrogen) atoms. The van der Waals surface area contributed by atoms with E-state index in [0.29, 0.717) is 19.4 Å². The Morgan fingerprint density at radius 3 is 2.30 bits per heavy atom. The number of methoxy groups -OCH3 is 1. The molecule has 0 unspecified atom stereocenters. The van der Waals surface area contributed by atoms with Gasteiger partial charge in [0, 0.05) is 12.0 Å². The van der Waals surface area contributed by atoms with E-state index in [9.17, 15) is 4.79 Å². The van der Waals surface area contributed by atoms with Crippen LogP contribution in [-0.2, 0) is 21.4 Å². The summed E-state index contributed by atoms with van der Waals surface area (Å²) in [7, 11) is 0.724. The van der Waals surface area contributed by atoms with Crippen LogP contribution in [0, 0.1) is 0 Å². The number of aryl methyl sites for hydroxylation is 1. The van der Waals surface area contributed by atoms with Crippen molar-refractivity contribution >= 4 is 15.0 Å². The van der Waals surface area contributed by atoms with Crippen molar-refractivity contribution in [2.24, 2.45) is 0 Å². The van der Waals surface area contributed by atoms with Crippen LogP contribution in [0.3, 0.4) is 0 Å². The van der Waals surface area contributed by atoms with Gasteiger partial charge in [-0.2, -0.15) is 0 Å². The minimum Gasteiger partial charge on any atom is -0.540 e. The molecular weight excluding hydrogens is 308 g/mol. The van der Waals surface area contributed by atoms with Gasteiger partial charge in [0.15, 0.2) is 5.75 Å². The average Bonchev–Trinajstić information content (AvgIpc) is 2.44. The number of benzene rings is 1. The molecule has 1 rings (SSSR count). The molecule has 1 radical (unpaired) electrons. The number of carbonyl (C=O) groups is 1. The molecule has 0 aromatic heterocycles. The topological polar surface area (TPSA) is 44.8 Å². The molecule has 0 N–H and O–H groups in total. The third-order valence-corrected chi connectivity index (χ3v) is 4.03. The summed E-state index contributed by atoms with van der Waals surface area (Å²) in [6.45, 7) is 12.8. The van der Waals surface area contributed by atoms with Gasteiger partial charge in [-0.05, 0) is 37.4 Å². The first-order valence-electron chi connectivity index (χ1n) is 8.04. The largest absolute Gasteiger partial charge is 0.540 e. The van der Waals surface area contributed by atoms with Crippen LogP contribution in [-0.4, -0.2) is 28.7 Å². The highest BCUT2D eigenvalue weighted by Crippen LogP contribution is 2.41. The first-order chi connectivity index (χ1) is 10.7. The second-order valence-corrected chi connectivity index (χ2v) is 8.72. The van der Waals surface area contributed by atoms with Gasteiger partial charge >= 0.3 is 5.97 Å². The van der Waals surface area contributed by atoms with Crippen LogP contribution in [0.25, 0.3) is 0 Å². The van der Waals surface area contributed by atoms with E-state index in [1.165, 1.54) is 0 Å². The highest BCUT2D eigenvalue weighted by atomic mass is 28.3. The summed E-state index contributed by atoms with van der Waals surface area (Å²) >= 11 is 0. The van der Waals surface area contributed by atoms with E-state index in [2.05, 4.69) is 39.9 Å². The minimum atomic E-state index is -0.946. The van der Waals surface area contributed by atoms with Crippen molar-refractivity contribution in [2.45, 2.75) is 59.0 Å². The summed E-state index contributed by atoms with van der Waals surface area (Å²) in [6, 6.07) is 4.12. The molecule has 0 spiro atoms. The number of rotatable bonds is 7. The van der Waals surface area contributed by atoms with Crippen molar-refractivity contribution < 1.29 is 18.7 Å². The van der Waals surface area contributed by atoms with Gasteiger partial charge in [-0.15, -0.1) is 0 Å². The van der Waals surface area contributed by atoms with E-state index in [1.54, 1.807) is 7.11 Å². The van der Waals surface area contributed by atoms with Crippen molar-refractivity contribution in [1.29, 1.82) is 0 Å². The average molecular weight is 338 g/mol. The highest BCUT2D eigenvalue weighted by molar-refractivity contribution is 6.49. The normalized spacial score (nSPS) is 11.5. The van der Waals surface area contributed by atoms with Crippen LogP contribution in [0.5, 0.6) is 11.5 Å². The van der Waals surface area contributed by atoms with Gasteiger partial charge in [-0.3, -0.25) is 4.79 Å². The van der Waals surface area contributed by atoms with Gasteiger partial charge in [0.1, 0.15) is 5.75 Å². The molecule has 0 bridgehead atoms. The first kappa shape index (κ1) is 19.6. The predicted molar refractivity (Wildman–Crippen MR) is 94.8 cm³/mol. The third-order valence-electron chi connectivity index (χ3n) is 3.42. The van der Waals surface area contributed by atoms with E-state index in [4.69, 9.17) is 13.9 Å². The van der Waals surface area contributed by atoms with Gasteiger partial charge in [0.25, 0.3) is 9.04 Å². The molecule has 0 heterocycles. The number of esters is 1. The molecule has 0 atom stereocenters. The highest BCUT2D eigenvalue weighted by Gasteiger charge is 2.25. The van der Waals surface area contributed by atoms with E-state index in [-0.39, 0.29) is 11.4 Å². The Morgan fingerprint density at radius 1 is 1.17 bits per heavy atom. The molecular formula is C18H29O4Si. The van der Waals surface area contributed by atoms with Crippen LogP contribution < -0.4 is 9.16 Å². The van der Waals surface area contributed by atoms with Crippen molar-refractivity contribution in [1.82, 2.24) is 0 Å². The Hall–Kier alpha value is -1.49. The van der Waals surface area contributed by atoms with Crippen LogP contribution in [0.15, 0.2) is 12.1 Å². The monoisotopic (exact) mass is 337 g/mol. The van der Waals surface area contributed by atoms with Gasteiger partial charge in [-0.25, -0.2) is 0 Å². The van der Waals surface area contributed by atoms with Crippen molar-refractivity contribution in [3.05, 3.63) is 23.3 Å². The number of hydrogen-bond acceptors (Lipinski definition) is 4. The van der Waals surface area contributed by atoms with Gasteiger partial charge in [-0.1, -0.05) is 32.9 Å². The van der Waals surface area contributed by atoms with Crippen molar-refractivity contribution in [3.8, 4) is 11.5 Å². The Labute approximate surface area is 141 Å². The summed E-state index contributed by atoms with van der Waals surface area (Å²) in [5.41, 5.74) is 2.06. The molecule has 5 heteroatoms. The molecule has 0 aliphatic carbocycles. The zero-order chi connectivity index (χ0) is 17.6. The molecule has 0 aliphatic heterocycles. The molecule has 1 aromatic carbocycles. The molecule has 1 aromatic rings. The van der Waals surface area contributed by atoms with Gasteiger partial charge < -0.3 is 13.9 Å². The molecule has 0 fully saturated rings. The lowest BCUT2D eigenvalue weighted by Gasteiger charge is -2.26. The Kier molecular flexibility index (Phi) is 7.13. The van der Waals surface area contributed by atoms with E-state index in [1.807, 2.05) is 13.0 Å². The summed E-state index contributed by atoms with van der Waals surface area (Å²) in [5.74, 6) is 1.38.